The van der Waals surface area contributed by atoms with Crippen LogP contribution in [0.4, 0.5) is 0 Å². The molecule has 0 heterocycles. The molecule has 0 amide bonds. The van der Waals surface area contributed by atoms with E-state index in [9.17, 15) is 9.59 Å². The Labute approximate surface area is 166 Å². The van der Waals surface area contributed by atoms with Crippen molar-refractivity contribution in [1.82, 2.24) is 0 Å². The van der Waals surface area contributed by atoms with Crippen LogP contribution in [0.25, 0.3) is 0 Å². The molecule has 0 radical (unpaired) electrons. The third-order valence-corrected chi connectivity index (χ3v) is 5.27. The average molecular weight is 380 g/mol. The van der Waals surface area contributed by atoms with Crippen molar-refractivity contribution in [2.24, 2.45) is 0 Å². The third-order valence-electron chi connectivity index (χ3n) is 5.27. The van der Waals surface area contributed by atoms with E-state index in [4.69, 9.17) is 9.47 Å². The molecule has 1 aliphatic rings. The number of hydrogen-bond donors (Lipinski definition) is 0. The maximum atomic E-state index is 12.4. The van der Waals surface area contributed by atoms with Crippen LogP contribution in [0.1, 0.15) is 77.3 Å². The highest BCUT2D eigenvalue weighted by atomic mass is 16.6. The van der Waals surface area contributed by atoms with Crippen molar-refractivity contribution in [1.29, 1.82) is 0 Å². The van der Waals surface area contributed by atoms with E-state index < -0.39 is 0 Å². The van der Waals surface area contributed by atoms with Gasteiger partial charge in [-0.2, -0.15) is 0 Å². The molecule has 3 rings (SSSR count). The van der Waals surface area contributed by atoms with E-state index in [0.717, 1.165) is 5.56 Å². The van der Waals surface area contributed by atoms with Crippen molar-refractivity contribution >= 4 is 11.9 Å². The lowest BCUT2D eigenvalue weighted by molar-refractivity contribution is -0.0108. The molecule has 0 aromatic heterocycles. The fraction of sp³-hybridized carbons (Fsp3) is 0.417. The molecule has 0 N–H and O–H groups in total. The van der Waals surface area contributed by atoms with Gasteiger partial charge in [-0.25, -0.2) is 9.59 Å². The molecule has 0 atom stereocenters. The zero-order valence-corrected chi connectivity index (χ0v) is 16.8. The predicted octanol–water partition coefficient (Wildman–Crippen LogP) is 5.44. The smallest absolute Gasteiger partial charge is 0.338 e. The quantitative estimate of drug-likeness (QED) is 0.648. The van der Waals surface area contributed by atoms with Gasteiger partial charge in [0.05, 0.1) is 11.1 Å². The van der Waals surface area contributed by atoms with Crippen LogP contribution in [0.3, 0.4) is 0 Å². The highest BCUT2D eigenvalue weighted by Gasteiger charge is 2.27. The molecule has 148 valence electrons. The number of rotatable bonds is 5. The zero-order chi connectivity index (χ0) is 20.1. The lowest BCUT2D eigenvalue weighted by Gasteiger charge is -2.28. The number of hydrogen-bond acceptors (Lipinski definition) is 4. The summed E-state index contributed by atoms with van der Waals surface area (Å²) in [6.45, 7) is 6.23. The van der Waals surface area contributed by atoms with Gasteiger partial charge < -0.3 is 9.47 Å². The largest absolute Gasteiger partial charge is 0.459 e. The molecule has 1 saturated carbocycles. The summed E-state index contributed by atoms with van der Waals surface area (Å²) >= 11 is 0. The number of esters is 2. The fourth-order valence-electron chi connectivity index (χ4n) is 3.40. The van der Waals surface area contributed by atoms with Gasteiger partial charge in [-0.1, -0.05) is 43.7 Å². The second-order valence-electron chi connectivity index (χ2n) is 7.85. The van der Waals surface area contributed by atoms with Crippen LogP contribution in [-0.2, 0) is 9.47 Å². The van der Waals surface area contributed by atoms with Gasteiger partial charge in [-0.15, -0.1) is 0 Å². The number of carbonyl (C=O) groups excluding carboxylic acids is 2. The topological polar surface area (TPSA) is 52.6 Å². The van der Waals surface area contributed by atoms with E-state index in [2.05, 4.69) is 13.8 Å². The average Bonchev–Trinajstić information content (AvgIpc) is 2.70. The van der Waals surface area contributed by atoms with Crippen molar-refractivity contribution in [3.63, 3.8) is 0 Å². The normalized spacial score (nSPS) is 19.3. The van der Waals surface area contributed by atoms with Gasteiger partial charge >= 0.3 is 11.9 Å². The predicted molar refractivity (Wildman–Crippen MR) is 109 cm³/mol. The highest BCUT2D eigenvalue weighted by molar-refractivity contribution is 5.90. The Morgan fingerprint density at radius 1 is 0.750 bits per heavy atom. The van der Waals surface area contributed by atoms with Crippen LogP contribution >= 0.6 is 0 Å². The maximum Gasteiger partial charge on any atom is 0.338 e. The van der Waals surface area contributed by atoms with Crippen LogP contribution in [0.2, 0.25) is 0 Å². The highest BCUT2D eigenvalue weighted by Crippen LogP contribution is 2.25. The first-order chi connectivity index (χ1) is 13.4. The SMILES string of the molecule is Cc1ccc(C(=O)OC2CCC(OC(=O)c3ccc(C(C)C)cc3)CC2)cc1. The molecular formula is C24H28O4. The van der Waals surface area contributed by atoms with Gasteiger partial charge in [-0.05, 0) is 68.4 Å². The molecule has 2 aromatic rings. The van der Waals surface area contributed by atoms with Gasteiger partial charge in [0.2, 0.25) is 0 Å². The van der Waals surface area contributed by atoms with Crippen molar-refractivity contribution in [3.8, 4) is 0 Å². The van der Waals surface area contributed by atoms with E-state index >= 15 is 0 Å². The number of benzene rings is 2. The molecule has 1 fully saturated rings. The second kappa shape index (κ2) is 9.05. The third kappa shape index (κ3) is 5.22. The van der Waals surface area contributed by atoms with Crippen molar-refractivity contribution in [3.05, 3.63) is 70.8 Å². The summed E-state index contributed by atoms with van der Waals surface area (Å²) in [6, 6.07) is 15.0. The summed E-state index contributed by atoms with van der Waals surface area (Å²) in [7, 11) is 0. The van der Waals surface area contributed by atoms with Crippen LogP contribution in [0.15, 0.2) is 48.5 Å². The molecule has 4 heteroatoms. The first-order valence-electron chi connectivity index (χ1n) is 10.0. The first-order valence-corrected chi connectivity index (χ1v) is 10.0. The molecular weight excluding hydrogens is 352 g/mol. The second-order valence-corrected chi connectivity index (χ2v) is 7.85. The Bertz CT molecular complexity index is 798. The standard InChI is InChI=1S/C24H28O4/c1-16(2)18-8-10-20(11-9-18)24(26)28-22-14-12-21(13-15-22)27-23(25)19-6-4-17(3)5-7-19/h4-11,16,21-22H,12-15H2,1-3H3. The first kappa shape index (κ1) is 20.1. The lowest BCUT2D eigenvalue weighted by atomic mass is 9.94. The van der Waals surface area contributed by atoms with E-state index in [1.807, 2.05) is 43.3 Å². The summed E-state index contributed by atoms with van der Waals surface area (Å²) < 4.78 is 11.3. The minimum absolute atomic E-state index is 0.117. The van der Waals surface area contributed by atoms with Gasteiger partial charge in [-0.3, -0.25) is 0 Å². The number of carbonyl (C=O) groups is 2. The molecule has 4 nitrogen and oxygen atoms in total. The monoisotopic (exact) mass is 380 g/mol. The number of ether oxygens (including phenoxy) is 2. The zero-order valence-electron chi connectivity index (χ0n) is 16.8. The Morgan fingerprint density at radius 3 is 1.54 bits per heavy atom. The van der Waals surface area contributed by atoms with E-state index in [0.29, 0.717) is 42.7 Å². The molecule has 28 heavy (non-hydrogen) atoms. The van der Waals surface area contributed by atoms with Gasteiger partial charge in [0.25, 0.3) is 0 Å². The van der Waals surface area contributed by atoms with Gasteiger partial charge in [0, 0.05) is 0 Å². The van der Waals surface area contributed by atoms with Crippen LogP contribution in [0, 0.1) is 6.92 Å². The summed E-state index contributed by atoms with van der Waals surface area (Å²) in [4.78, 5) is 24.6. The minimum Gasteiger partial charge on any atom is -0.459 e. The molecule has 1 aliphatic carbocycles. The lowest BCUT2D eigenvalue weighted by Crippen LogP contribution is -2.29. The Balaban J connectivity index is 1.46. The summed E-state index contributed by atoms with van der Waals surface area (Å²) in [5.41, 5.74) is 3.46. The summed E-state index contributed by atoms with van der Waals surface area (Å²) in [5, 5.41) is 0. The van der Waals surface area contributed by atoms with E-state index in [1.54, 1.807) is 12.1 Å². The molecule has 0 spiro atoms. The molecule has 0 unspecified atom stereocenters. The molecule has 0 bridgehead atoms. The summed E-state index contributed by atoms with van der Waals surface area (Å²) in [6.07, 6.45) is 2.60. The summed E-state index contributed by atoms with van der Waals surface area (Å²) in [5.74, 6) is -0.135. The van der Waals surface area contributed by atoms with Crippen LogP contribution in [-0.4, -0.2) is 24.1 Å². The Hall–Kier alpha value is -2.62. The van der Waals surface area contributed by atoms with E-state index in [-0.39, 0.29) is 24.1 Å². The minimum atomic E-state index is -0.286. The van der Waals surface area contributed by atoms with Crippen LogP contribution < -0.4 is 0 Å². The Morgan fingerprint density at radius 2 is 1.14 bits per heavy atom. The molecule has 0 aliphatic heterocycles. The van der Waals surface area contributed by atoms with Gasteiger partial charge in [0.15, 0.2) is 0 Å². The van der Waals surface area contributed by atoms with Crippen molar-refractivity contribution in [2.75, 3.05) is 0 Å². The van der Waals surface area contributed by atoms with Crippen LogP contribution in [0.5, 0.6) is 0 Å². The van der Waals surface area contributed by atoms with Crippen molar-refractivity contribution in [2.45, 2.75) is 64.6 Å². The van der Waals surface area contributed by atoms with Gasteiger partial charge in [0.1, 0.15) is 12.2 Å². The molecule has 2 aromatic carbocycles. The number of aryl methyl sites for hydroxylation is 1. The maximum absolute atomic E-state index is 12.4. The van der Waals surface area contributed by atoms with E-state index in [1.165, 1.54) is 5.56 Å². The Kier molecular flexibility index (Phi) is 6.50. The fourth-order valence-corrected chi connectivity index (χ4v) is 3.40. The van der Waals surface area contributed by atoms with Crippen molar-refractivity contribution < 1.29 is 19.1 Å². The molecule has 0 saturated heterocycles.